The number of hydrogen-bond donors (Lipinski definition) is 1. The molecule has 0 spiro atoms. The van der Waals surface area contributed by atoms with Gasteiger partial charge in [-0.15, -0.1) is 12.4 Å². The number of hydrazone groups is 1. The number of methoxy groups -OCH3 is 1. The van der Waals surface area contributed by atoms with Crippen LogP contribution < -0.4 is 14.9 Å². The van der Waals surface area contributed by atoms with Gasteiger partial charge < -0.3 is 9.47 Å². The highest BCUT2D eigenvalue weighted by molar-refractivity contribution is 9.10. The van der Waals surface area contributed by atoms with E-state index in [9.17, 15) is 0 Å². The van der Waals surface area contributed by atoms with E-state index in [0.29, 0.717) is 24.5 Å². The van der Waals surface area contributed by atoms with Crippen molar-refractivity contribution in [2.75, 3.05) is 12.5 Å². The molecule has 1 aromatic heterocycles. The van der Waals surface area contributed by atoms with Gasteiger partial charge in [-0.2, -0.15) is 5.10 Å². The standard InChI is InChI=1S/C21H20BrN3O2.ClH/c1-26-20-14-19(22)17(7-12-24-25-18-8-10-23-11-9-18)13-21(20)27-15-16-5-3-2-4-6-16;/h2-6,8-14H,7,15H2,1H3,(H,23,25);1H. The lowest BCUT2D eigenvalue weighted by Gasteiger charge is -2.13. The van der Waals surface area contributed by atoms with E-state index in [1.165, 1.54) is 0 Å². The summed E-state index contributed by atoms with van der Waals surface area (Å²) >= 11 is 3.59. The summed E-state index contributed by atoms with van der Waals surface area (Å²) in [6.45, 7) is 0.482. The van der Waals surface area contributed by atoms with Crippen LogP contribution in [0.2, 0.25) is 0 Å². The van der Waals surface area contributed by atoms with Gasteiger partial charge in [0.05, 0.1) is 12.8 Å². The lowest BCUT2D eigenvalue weighted by Crippen LogP contribution is -2.00. The van der Waals surface area contributed by atoms with Crippen LogP contribution in [0.3, 0.4) is 0 Å². The van der Waals surface area contributed by atoms with Crippen molar-refractivity contribution in [2.45, 2.75) is 13.0 Å². The fraction of sp³-hybridized carbons (Fsp3) is 0.143. The van der Waals surface area contributed by atoms with Crippen molar-refractivity contribution in [1.82, 2.24) is 4.98 Å². The van der Waals surface area contributed by atoms with Crippen LogP contribution in [0.1, 0.15) is 11.1 Å². The van der Waals surface area contributed by atoms with Crippen LogP contribution in [-0.2, 0) is 13.0 Å². The zero-order valence-electron chi connectivity index (χ0n) is 15.3. The summed E-state index contributed by atoms with van der Waals surface area (Å²) in [5, 5.41) is 4.25. The van der Waals surface area contributed by atoms with Crippen LogP contribution in [0.4, 0.5) is 5.69 Å². The average Bonchev–Trinajstić information content (AvgIpc) is 2.72. The van der Waals surface area contributed by atoms with Crippen molar-refractivity contribution in [3.63, 3.8) is 0 Å². The maximum atomic E-state index is 5.97. The molecule has 0 saturated heterocycles. The van der Waals surface area contributed by atoms with E-state index >= 15 is 0 Å². The third-order valence-electron chi connectivity index (χ3n) is 3.85. The van der Waals surface area contributed by atoms with Gasteiger partial charge in [-0.25, -0.2) is 0 Å². The van der Waals surface area contributed by atoms with Gasteiger partial charge in [-0.05, 0) is 35.4 Å². The van der Waals surface area contributed by atoms with Gasteiger partial charge in [-0.3, -0.25) is 10.4 Å². The largest absolute Gasteiger partial charge is 0.493 e. The van der Waals surface area contributed by atoms with Crippen molar-refractivity contribution in [2.24, 2.45) is 5.10 Å². The first-order chi connectivity index (χ1) is 13.3. The molecule has 146 valence electrons. The van der Waals surface area contributed by atoms with Gasteiger partial charge >= 0.3 is 0 Å². The lowest BCUT2D eigenvalue weighted by atomic mass is 10.1. The summed E-state index contributed by atoms with van der Waals surface area (Å²) in [4.78, 5) is 3.97. The highest BCUT2D eigenvalue weighted by Gasteiger charge is 2.10. The fourth-order valence-electron chi connectivity index (χ4n) is 2.43. The molecule has 0 fully saturated rings. The number of hydrogen-bond acceptors (Lipinski definition) is 5. The average molecular weight is 463 g/mol. The molecule has 1 N–H and O–H groups in total. The molecule has 3 rings (SSSR count). The molecule has 0 aliphatic rings. The Morgan fingerprint density at radius 1 is 1.07 bits per heavy atom. The summed E-state index contributed by atoms with van der Waals surface area (Å²) in [6, 6.07) is 17.6. The predicted octanol–water partition coefficient (Wildman–Crippen LogP) is 5.49. The highest BCUT2D eigenvalue weighted by Crippen LogP contribution is 2.34. The molecule has 0 bridgehead atoms. The van der Waals surface area contributed by atoms with Crippen molar-refractivity contribution in [3.8, 4) is 11.5 Å². The van der Waals surface area contributed by atoms with Crippen molar-refractivity contribution < 1.29 is 9.47 Å². The third kappa shape index (κ3) is 6.25. The van der Waals surface area contributed by atoms with E-state index in [4.69, 9.17) is 9.47 Å². The Balaban J connectivity index is 0.00000280. The molecule has 1 heterocycles. The highest BCUT2D eigenvalue weighted by atomic mass is 79.9. The summed E-state index contributed by atoms with van der Waals surface area (Å²) in [7, 11) is 1.64. The van der Waals surface area contributed by atoms with Crippen molar-refractivity contribution in [1.29, 1.82) is 0 Å². The van der Waals surface area contributed by atoms with Crippen LogP contribution in [-0.4, -0.2) is 18.3 Å². The van der Waals surface area contributed by atoms with Crippen LogP contribution in [0.15, 0.2) is 76.6 Å². The molecular weight excluding hydrogens is 442 g/mol. The molecule has 0 radical (unpaired) electrons. The van der Waals surface area contributed by atoms with Crippen LogP contribution >= 0.6 is 28.3 Å². The van der Waals surface area contributed by atoms with Gasteiger partial charge in [0.2, 0.25) is 0 Å². The van der Waals surface area contributed by atoms with Gasteiger partial charge in [-0.1, -0.05) is 46.3 Å². The maximum Gasteiger partial charge on any atom is 0.162 e. The number of anilines is 1. The van der Waals surface area contributed by atoms with Gasteiger partial charge in [0, 0.05) is 29.5 Å². The quantitative estimate of drug-likeness (QED) is 0.355. The van der Waals surface area contributed by atoms with Gasteiger partial charge in [0.25, 0.3) is 0 Å². The zero-order chi connectivity index (χ0) is 18.9. The second-order valence-corrected chi connectivity index (χ2v) is 6.59. The minimum Gasteiger partial charge on any atom is -0.493 e. The first kappa shape index (κ1) is 21.7. The lowest BCUT2D eigenvalue weighted by molar-refractivity contribution is 0.284. The molecule has 0 unspecified atom stereocenters. The number of nitrogens with zero attached hydrogens (tertiary/aromatic N) is 2. The summed E-state index contributed by atoms with van der Waals surface area (Å²) < 4.78 is 12.4. The normalized spacial score (nSPS) is 10.4. The molecule has 0 atom stereocenters. The topological polar surface area (TPSA) is 55.7 Å². The Labute approximate surface area is 179 Å². The number of ether oxygens (including phenoxy) is 2. The Kier molecular flexibility index (Phi) is 8.78. The summed E-state index contributed by atoms with van der Waals surface area (Å²) in [5.74, 6) is 1.39. The van der Waals surface area contributed by atoms with E-state index < -0.39 is 0 Å². The first-order valence-electron chi connectivity index (χ1n) is 8.47. The molecule has 5 nitrogen and oxygen atoms in total. The first-order valence-corrected chi connectivity index (χ1v) is 9.26. The Morgan fingerprint density at radius 3 is 2.54 bits per heavy atom. The molecular formula is C21H21BrClN3O2. The van der Waals surface area contributed by atoms with Crippen molar-refractivity contribution in [3.05, 3.63) is 82.6 Å². The molecule has 2 aromatic carbocycles. The maximum absolute atomic E-state index is 5.97. The Morgan fingerprint density at radius 2 is 1.82 bits per heavy atom. The number of pyridine rings is 1. The van der Waals surface area contributed by atoms with Gasteiger partial charge in [0.15, 0.2) is 11.5 Å². The van der Waals surface area contributed by atoms with E-state index in [1.54, 1.807) is 19.5 Å². The summed E-state index contributed by atoms with van der Waals surface area (Å²) in [5.41, 5.74) is 6.03. The number of benzene rings is 2. The molecule has 0 amide bonds. The number of rotatable bonds is 8. The van der Waals surface area contributed by atoms with E-state index in [1.807, 2.05) is 60.8 Å². The molecule has 7 heteroatoms. The Hall–Kier alpha value is -2.57. The van der Waals surface area contributed by atoms with Crippen LogP contribution in [0.25, 0.3) is 0 Å². The minimum absolute atomic E-state index is 0. The van der Waals surface area contributed by atoms with Gasteiger partial charge in [0.1, 0.15) is 6.61 Å². The molecule has 3 aromatic rings. The molecule has 0 saturated carbocycles. The van der Waals surface area contributed by atoms with E-state index in [-0.39, 0.29) is 12.4 Å². The summed E-state index contributed by atoms with van der Waals surface area (Å²) in [6.07, 6.45) is 5.89. The number of nitrogens with one attached hydrogen (secondary N) is 1. The van der Waals surface area contributed by atoms with Crippen LogP contribution in [0.5, 0.6) is 11.5 Å². The van der Waals surface area contributed by atoms with Crippen molar-refractivity contribution >= 4 is 40.2 Å². The number of halogens is 2. The van der Waals surface area contributed by atoms with Crippen LogP contribution in [0, 0.1) is 0 Å². The molecule has 0 aliphatic heterocycles. The fourth-order valence-corrected chi connectivity index (χ4v) is 2.92. The molecule has 28 heavy (non-hydrogen) atoms. The van der Waals surface area contributed by atoms with E-state index in [2.05, 4.69) is 31.4 Å². The molecule has 0 aliphatic carbocycles. The van der Waals surface area contributed by atoms with E-state index in [0.717, 1.165) is 21.3 Å². The Bertz CT molecular complexity index is 893. The smallest absolute Gasteiger partial charge is 0.162 e. The monoisotopic (exact) mass is 461 g/mol. The third-order valence-corrected chi connectivity index (χ3v) is 4.58. The SMILES string of the molecule is COc1cc(Br)c(CC=NNc2ccncc2)cc1OCc1ccccc1.Cl. The number of aromatic nitrogens is 1. The second-order valence-electron chi connectivity index (χ2n) is 5.73. The minimum atomic E-state index is 0. The second kappa shape index (κ2) is 11.3. The predicted molar refractivity (Wildman–Crippen MR) is 119 cm³/mol. The zero-order valence-corrected chi connectivity index (χ0v) is 17.7.